The first-order valence-electron chi connectivity index (χ1n) is 3.52. The van der Waals surface area contributed by atoms with Crippen LogP contribution in [0.25, 0.3) is 0 Å². The van der Waals surface area contributed by atoms with E-state index < -0.39 is 0 Å². The SMILES string of the molecule is CN/C=C/C(C)C(C)C. The molecule has 54 valence electrons. The predicted molar refractivity (Wildman–Crippen MR) is 42.2 cm³/mol. The highest BCUT2D eigenvalue weighted by molar-refractivity contribution is 4.84. The average Bonchev–Trinajstić information content (AvgIpc) is 1.82. The Balaban J connectivity index is 3.48. The zero-order chi connectivity index (χ0) is 7.28. The summed E-state index contributed by atoms with van der Waals surface area (Å²) in [5.41, 5.74) is 0. The summed E-state index contributed by atoms with van der Waals surface area (Å²) in [6.07, 6.45) is 4.18. The third-order valence-electron chi connectivity index (χ3n) is 1.62. The van der Waals surface area contributed by atoms with Crippen molar-refractivity contribution in [2.24, 2.45) is 11.8 Å². The second-order valence-electron chi connectivity index (χ2n) is 2.75. The van der Waals surface area contributed by atoms with Crippen LogP contribution in [-0.2, 0) is 0 Å². The van der Waals surface area contributed by atoms with Gasteiger partial charge in [0.2, 0.25) is 0 Å². The van der Waals surface area contributed by atoms with Crippen LogP contribution in [-0.4, -0.2) is 7.05 Å². The average molecular weight is 127 g/mol. The van der Waals surface area contributed by atoms with E-state index in [9.17, 15) is 0 Å². The van der Waals surface area contributed by atoms with Crippen molar-refractivity contribution in [2.75, 3.05) is 7.05 Å². The molecule has 0 aliphatic carbocycles. The van der Waals surface area contributed by atoms with Crippen LogP contribution in [0, 0.1) is 11.8 Å². The molecule has 1 unspecified atom stereocenters. The number of allylic oxidation sites excluding steroid dienone is 1. The van der Waals surface area contributed by atoms with Crippen LogP contribution >= 0.6 is 0 Å². The zero-order valence-electron chi connectivity index (χ0n) is 6.81. The van der Waals surface area contributed by atoms with Gasteiger partial charge in [-0.05, 0) is 18.0 Å². The van der Waals surface area contributed by atoms with Crippen molar-refractivity contribution in [3.8, 4) is 0 Å². The molecule has 0 rings (SSSR count). The van der Waals surface area contributed by atoms with Gasteiger partial charge < -0.3 is 5.32 Å². The number of hydrogen-bond donors (Lipinski definition) is 1. The predicted octanol–water partition coefficient (Wildman–Crippen LogP) is 2.01. The quantitative estimate of drug-likeness (QED) is 0.611. The van der Waals surface area contributed by atoms with Crippen molar-refractivity contribution in [3.05, 3.63) is 12.3 Å². The van der Waals surface area contributed by atoms with Gasteiger partial charge in [-0.25, -0.2) is 0 Å². The second-order valence-corrected chi connectivity index (χ2v) is 2.75. The standard InChI is InChI=1S/C8H17N/c1-7(2)8(3)5-6-9-4/h5-9H,1-4H3/b6-5+. The molecule has 1 nitrogen and oxygen atoms in total. The van der Waals surface area contributed by atoms with Gasteiger partial charge in [0.05, 0.1) is 0 Å². The molecule has 0 aromatic heterocycles. The molecule has 0 aromatic rings. The Hall–Kier alpha value is -0.460. The molecular weight excluding hydrogens is 110 g/mol. The topological polar surface area (TPSA) is 12.0 Å². The normalized spacial score (nSPS) is 14.8. The molecule has 0 saturated carbocycles. The molecule has 0 saturated heterocycles. The van der Waals surface area contributed by atoms with Crippen LogP contribution in [0.1, 0.15) is 20.8 Å². The van der Waals surface area contributed by atoms with E-state index in [2.05, 4.69) is 32.2 Å². The van der Waals surface area contributed by atoms with Crippen LogP contribution in [0.15, 0.2) is 12.3 Å². The summed E-state index contributed by atoms with van der Waals surface area (Å²) in [4.78, 5) is 0. The third kappa shape index (κ3) is 4.07. The Labute approximate surface area is 58.2 Å². The van der Waals surface area contributed by atoms with Gasteiger partial charge in [0.15, 0.2) is 0 Å². The lowest BCUT2D eigenvalue weighted by Crippen LogP contribution is -2.01. The van der Waals surface area contributed by atoms with Crippen molar-refractivity contribution in [1.82, 2.24) is 5.32 Å². The van der Waals surface area contributed by atoms with E-state index in [1.807, 2.05) is 13.2 Å². The minimum Gasteiger partial charge on any atom is -0.394 e. The Kier molecular flexibility index (Phi) is 4.20. The van der Waals surface area contributed by atoms with Gasteiger partial charge in [-0.15, -0.1) is 0 Å². The van der Waals surface area contributed by atoms with E-state index in [0.29, 0.717) is 5.92 Å². The molecule has 1 atom stereocenters. The maximum atomic E-state index is 2.97. The summed E-state index contributed by atoms with van der Waals surface area (Å²) in [6, 6.07) is 0. The Morgan fingerprint density at radius 2 is 1.78 bits per heavy atom. The van der Waals surface area contributed by atoms with E-state index in [1.165, 1.54) is 0 Å². The Morgan fingerprint density at radius 3 is 2.11 bits per heavy atom. The first kappa shape index (κ1) is 8.54. The lowest BCUT2D eigenvalue weighted by molar-refractivity contribution is 0.503. The van der Waals surface area contributed by atoms with Crippen molar-refractivity contribution < 1.29 is 0 Å². The minimum absolute atomic E-state index is 0.678. The fraction of sp³-hybridized carbons (Fsp3) is 0.750. The van der Waals surface area contributed by atoms with Gasteiger partial charge in [-0.3, -0.25) is 0 Å². The molecule has 0 aliphatic heterocycles. The molecule has 0 heterocycles. The molecule has 0 aromatic carbocycles. The summed E-state index contributed by atoms with van der Waals surface area (Å²) in [6.45, 7) is 6.67. The number of rotatable bonds is 3. The van der Waals surface area contributed by atoms with Crippen LogP contribution in [0.2, 0.25) is 0 Å². The van der Waals surface area contributed by atoms with Gasteiger partial charge >= 0.3 is 0 Å². The lowest BCUT2D eigenvalue weighted by Gasteiger charge is -2.08. The highest BCUT2D eigenvalue weighted by Crippen LogP contribution is 2.09. The molecule has 1 N–H and O–H groups in total. The smallest absolute Gasteiger partial charge is 0.00276 e. The van der Waals surface area contributed by atoms with Gasteiger partial charge in [-0.2, -0.15) is 0 Å². The van der Waals surface area contributed by atoms with Gasteiger partial charge in [0.1, 0.15) is 0 Å². The molecule has 0 radical (unpaired) electrons. The fourth-order valence-electron chi connectivity index (χ4n) is 0.470. The molecule has 0 amide bonds. The summed E-state index contributed by atoms with van der Waals surface area (Å²) in [5, 5.41) is 2.97. The Bertz CT molecular complexity index is 84.6. The first-order valence-corrected chi connectivity index (χ1v) is 3.52. The van der Waals surface area contributed by atoms with Crippen LogP contribution in [0.4, 0.5) is 0 Å². The lowest BCUT2D eigenvalue weighted by atomic mass is 9.98. The van der Waals surface area contributed by atoms with Crippen molar-refractivity contribution in [2.45, 2.75) is 20.8 Å². The van der Waals surface area contributed by atoms with E-state index in [-0.39, 0.29) is 0 Å². The first-order chi connectivity index (χ1) is 4.18. The van der Waals surface area contributed by atoms with E-state index in [0.717, 1.165) is 5.92 Å². The summed E-state index contributed by atoms with van der Waals surface area (Å²) in [5.74, 6) is 1.42. The molecule has 1 heteroatoms. The van der Waals surface area contributed by atoms with Gasteiger partial charge in [0, 0.05) is 7.05 Å². The number of hydrogen-bond acceptors (Lipinski definition) is 1. The van der Waals surface area contributed by atoms with Gasteiger partial charge in [-0.1, -0.05) is 26.8 Å². The summed E-state index contributed by atoms with van der Waals surface area (Å²) in [7, 11) is 1.92. The van der Waals surface area contributed by atoms with Crippen molar-refractivity contribution >= 4 is 0 Å². The van der Waals surface area contributed by atoms with E-state index in [4.69, 9.17) is 0 Å². The van der Waals surface area contributed by atoms with Crippen LogP contribution < -0.4 is 5.32 Å². The number of nitrogens with one attached hydrogen (secondary N) is 1. The van der Waals surface area contributed by atoms with Crippen molar-refractivity contribution in [1.29, 1.82) is 0 Å². The Morgan fingerprint density at radius 1 is 1.22 bits per heavy atom. The summed E-state index contributed by atoms with van der Waals surface area (Å²) < 4.78 is 0. The third-order valence-corrected chi connectivity index (χ3v) is 1.62. The van der Waals surface area contributed by atoms with Crippen LogP contribution in [0.3, 0.4) is 0 Å². The zero-order valence-corrected chi connectivity index (χ0v) is 6.81. The highest BCUT2D eigenvalue weighted by Gasteiger charge is 2.00. The molecule has 0 bridgehead atoms. The van der Waals surface area contributed by atoms with Crippen LogP contribution in [0.5, 0.6) is 0 Å². The van der Waals surface area contributed by atoms with E-state index in [1.54, 1.807) is 0 Å². The van der Waals surface area contributed by atoms with Gasteiger partial charge in [0.25, 0.3) is 0 Å². The van der Waals surface area contributed by atoms with E-state index >= 15 is 0 Å². The molecule has 0 spiro atoms. The minimum atomic E-state index is 0.678. The largest absolute Gasteiger partial charge is 0.394 e. The monoisotopic (exact) mass is 127 g/mol. The molecule has 0 fully saturated rings. The molecule has 0 aliphatic rings. The molecule has 9 heavy (non-hydrogen) atoms. The second kappa shape index (κ2) is 4.42. The summed E-state index contributed by atoms with van der Waals surface area (Å²) >= 11 is 0. The fourth-order valence-corrected chi connectivity index (χ4v) is 0.470. The molecular formula is C8H17N. The highest BCUT2D eigenvalue weighted by atomic mass is 14.8. The maximum absolute atomic E-state index is 2.97. The van der Waals surface area contributed by atoms with Crippen molar-refractivity contribution in [3.63, 3.8) is 0 Å². The maximum Gasteiger partial charge on any atom is 0.00276 e.